The van der Waals surface area contributed by atoms with Crippen LogP contribution in [-0.2, 0) is 10.2 Å². The molecule has 0 radical (unpaired) electrons. The summed E-state index contributed by atoms with van der Waals surface area (Å²) in [5, 5.41) is 9.05. The van der Waals surface area contributed by atoms with Crippen molar-refractivity contribution in [2.45, 2.75) is 38.5 Å². The van der Waals surface area contributed by atoms with Gasteiger partial charge in [0.1, 0.15) is 0 Å². The zero-order valence-electron chi connectivity index (χ0n) is 12.6. The molecule has 1 aromatic carbocycles. The zero-order valence-corrected chi connectivity index (χ0v) is 14.2. The normalized spacial score (nSPS) is 14.9. The highest BCUT2D eigenvalue weighted by Crippen LogP contribution is 2.42. The summed E-state index contributed by atoms with van der Waals surface area (Å²) < 4.78 is 12.1. The van der Waals surface area contributed by atoms with Crippen molar-refractivity contribution in [3.8, 4) is 11.5 Å². The van der Waals surface area contributed by atoms with Gasteiger partial charge in [0.2, 0.25) is 0 Å². The van der Waals surface area contributed by atoms with Crippen LogP contribution < -0.4 is 9.47 Å². The molecule has 0 aromatic heterocycles. The van der Waals surface area contributed by atoms with Gasteiger partial charge >= 0.3 is 5.97 Å². The second-order valence-electron chi connectivity index (χ2n) is 6.20. The van der Waals surface area contributed by atoms with Gasteiger partial charge in [-0.2, -0.15) is 0 Å². The molecule has 0 heterocycles. The van der Waals surface area contributed by atoms with E-state index in [9.17, 15) is 4.79 Å². The summed E-state index contributed by atoms with van der Waals surface area (Å²) in [6.45, 7) is 4.52. The molecule has 1 aliphatic carbocycles. The lowest BCUT2D eigenvalue weighted by Crippen LogP contribution is -2.21. The third-order valence-electron chi connectivity index (χ3n) is 3.76. The summed E-state index contributed by atoms with van der Waals surface area (Å²) >= 11 is 3.52. The Labute approximate surface area is 133 Å². The van der Waals surface area contributed by atoms with Gasteiger partial charge in [0.25, 0.3) is 0 Å². The monoisotopic (exact) mass is 356 g/mol. The number of rotatable bonds is 7. The highest BCUT2D eigenvalue weighted by atomic mass is 79.9. The van der Waals surface area contributed by atoms with Crippen LogP contribution in [0.25, 0.3) is 0 Å². The van der Waals surface area contributed by atoms with Gasteiger partial charge in [0, 0.05) is 5.41 Å². The molecule has 0 aliphatic heterocycles. The highest BCUT2D eigenvalue weighted by Gasteiger charge is 2.28. The molecule has 0 bridgehead atoms. The number of halogens is 1. The molecule has 116 valence electrons. The molecule has 0 saturated heterocycles. The van der Waals surface area contributed by atoms with E-state index >= 15 is 0 Å². The molecule has 1 aliphatic rings. The van der Waals surface area contributed by atoms with Crippen molar-refractivity contribution in [3.63, 3.8) is 0 Å². The van der Waals surface area contributed by atoms with E-state index in [-0.39, 0.29) is 6.42 Å². The van der Waals surface area contributed by atoms with Crippen LogP contribution >= 0.6 is 15.9 Å². The van der Waals surface area contributed by atoms with Gasteiger partial charge in [-0.15, -0.1) is 0 Å². The maximum absolute atomic E-state index is 11.0. The van der Waals surface area contributed by atoms with Crippen LogP contribution in [0.1, 0.15) is 38.7 Å². The van der Waals surface area contributed by atoms with Gasteiger partial charge in [-0.1, -0.05) is 13.8 Å². The van der Waals surface area contributed by atoms with E-state index in [1.54, 1.807) is 7.11 Å². The smallest absolute Gasteiger partial charge is 0.304 e. The summed E-state index contributed by atoms with van der Waals surface area (Å²) in [5.74, 6) is 1.17. The number of aliphatic carboxylic acids is 1. The van der Waals surface area contributed by atoms with E-state index in [0.29, 0.717) is 24.0 Å². The summed E-state index contributed by atoms with van der Waals surface area (Å²) in [7, 11) is 1.60. The van der Waals surface area contributed by atoms with E-state index in [4.69, 9.17) is 14.6 Å². The molecular formula is C16H21BrO4. The number of carbonyl (C=O) groups is 1. The average Bonchev–Trinajstić information content (AvgIpc) is 3.18. The molecule has 1 aromatic rings. The molecule has 1 fully saturated rings. The Balaban J connectivity index is 2.27. The minimum absolute atomic E-state index is 0.0604. The van der Waals surface area contributed by atoms with E-state index in [0.717, 1.165) is 10.0 Å². The fourth-order valence-corrected chi connectivity index (χ4v) is 2.77. The van der Waals surface area contributed by atoms with E-state index in [1.807, 2.05) is 26.0 Å². The number of carboxylic acids is 1. The van der Waals surface area contributed by atoms with Crippen LogP contribution in [0.4, 0.5) is 0 Å². The molecule has 0 unspecified atom stereocenters. The van der Waals surface area contributed by atoms with Crippen molar-refractivity contribution in [1.82, 2.24) is 0 Å². The lowest BCUT2D eigenvalue weighted by Gasteiger charge is -2.25. The van der Waals surface area contributed by atoms with Crippen LogP contribution in [0.15, 0.2) is 16.6 Å². The SMILES string of the molecule is COc1cc(C(C)(C)CC(=O)O)cc(Br)c1OCC1CC1. The third-order valence-corrected chi connectivity index (χ3v) is 4.35. The maximum atomic E-state index is 11.0. The maximum Gasteiger partial charge on any atom is 0.304 e. The first-order valence-corrected chi connectivity index (χ1v) is 7.85. The van der Waals surface area contributed by atoms with Crippen molar-refractivity contribution >= 4 is 21.9 Å². The number of hydrogen-bond acceptors (Lipinski definition) is 3. The van der Waals surface area contributed by atoms with Gasteiger partial charge in [-0.05, 0) is 52.4 Å². The quantitative estimate of drug-likeness (QED) is 0.802. The first kappa shape index (κ1) is 16.1. The Bertz CT molecular complexity index is 535. The Morgan fingerprint density at radius 3 is 2.62 bits per heavy atom. The molecule has 5 heteroatoms. The van der Waals surface area contributed by atoms with Gasteiger partial charge in [-0.3, -0.25) is 4.79 Å². The predicted octanol–water partition coefficient (Wildman–Crippen LogP) is 4.00. The Hall–Kier alpha value is -1.23. The highest BCUT2D eigenvalue weighted by molar-refractivity contribution is 9.10. The van der Waals surface area contributed by atoms with Crippen molar-refractivity contribution in [1.29, 1.82) is 0 Å². The second-order valence-corrected chi connectivity index (χ2v) is 7.05. The van der Waals surface area contributed by atoms with Crippen LogP contribution in [0.3, 0.4) is 0 Å². The first-order valence-electron chi connectivity index (χ1n) is 7.06. The molecule has 0 atom stereocenters. The molecule has 0 spiro atoms. The van der Waals surface area contributed by atoms with E-state index in [1.165, 1.54) is 12.8 Å². The number of benzene rings is 1. The molecule has 21 heavy (non-hydrogen) atoms. The first-order chi connectivity index (χ1) is 9.83. The fourth-order valence-electron chi connectivity index (χ4n) is 2.22. The van der Waals surface area contributed by atoms with E-state index < -0.39 is 11.4 Å². The lowest BCUT2D eigenvalue weighted by molar-refractivity contribution is -0.138. The zero-order chi connectivity index (χ0) is 15.6. The topological polar surface area (TPSA) is 55.8 Å². The Morgan fingerprint density at radius 2 is 2.10 bits per heavy atom. The van der Waals surface area contributed by atoms with Crippen molar-refractivity contribution in [3.05, 3.63) is 22.2 Å². The Morgan fingerprint density at radius 1 is 1.43 bits per heavy atom. The standard InChI is InChI=1S/C16H21BrO4/c1-16(2,8-14(18)19)11-6-12(17)15(13(7-11)20-3)21-9-10-4-5-10/h6-7,10H,4-5,8-9H2,1-3H3,(H,18,19). The van der Waals surface area contributed by atoms with Crippen LogP contribution in [0.5, 0.6) is 11.5 Å². The van der Waals surface area contributed by atoms with Crippen molar-refractivity contribution in [2.24, 2.45) is 5.92 Å². The molecule has 0 amide bonds. The number of methoxy groups -OCH3 is 1. The number of ether oxygens (including phenoxy) is 2. The van der Waals surface area contributed by atoms with Gasteiger partial charge < -0.3 is 14.6 Å². The lowest BCUT2D eigenvalue weighted by atomic mass is 9.81. The second kappa shape index (κ2) is 6.26. The largest absolute Gasteiger partial charge is 0.493 e. The van der Waals surface area contributed by atoms with Gasteiger partial charge in [0.05, 0.1) is 24.6 Å². The molecular weight excluding hydrogens is 336 g/mol. The molecule has 4 nitrogen and oxygen atoms in total. The van der Waals surface area contributed by atoms with Crippen LogP contribution in [0.2, 0.25) is 0 Å². The molecule has 2 rings (SSSR count). The summed E-state index contributed by atoms with van der Waals surface area (Å²) in [5.41, 5.74) is 0.434. The summed E-state index contributed by atoms with van der Waals surface area (Å²) in [6, 6.07) is 3.80. The number of carboxylic acid groups (broad SMARTS) is 1. The number of hydrogen-bond donors (Lipinski definition) is 1. The molecule has 1 N–H and O–H groups in total. The molecule has 1 saturated carbocycles. The van der Waals surface area contributed by atoms with Gasteiger partial charge in [0.15, 0.2) is 11.5 Å². The van der Waals surface area contributed by atoms with E-state index in [2.05, 4.69) is 15.9 Å². The minimum atomic E-state index is -0.816. The van der Waals surface area contributed by atoms with Crippen molar-refractivity contribution in [2.75, 3.05) is 13.7 Å². The fraction of sp³-hybridized carbons (Fsp3) is 0.562. The third kappa shape index (κ3) is 4.13. The van der Waals surface area contributed by atoms with Crippen molar-refractivity contribution < 1.29 is 19.4 Å². The Kier molecular flexibility index (Phi) is 4.81. The summed E-state index contributed by atoms with van der Waals surface area (Å²) in [6.07, 6.45) is 2.51. The average molecular weight is 357 g/mol. The minimum Gasteiger partial charge on any atom is -0.493 e. The summed E-state index contributed by atoms with van der Waals surface area (Å²) in [4.78, 5) is 11.0. The van der Waals surface area contributed by atoms with Crippen LogP contribution in [-0.4, -0.2) is 24.8 Å². The van der Waals surface area contributed by atoms with Gasteiger partial charge in [-0.25, -0.2) is 0 Å². The van der Waals surface area contributed by atoms with Crippen LogP contribution in [0, 0.1) is 5.92 Å². The predicted molar refractivity (Wildman–Crippen MR) is 84.2 cm³/mol.